The molecule has 0 bridgehead atoms. The van der Waals surface area contributed by atoms with Crippen LogP contribution in [0.1, 0.15) is 41.8 Å². The second kappa shape index (κ2) is 12.1. The van der Waals surface area contributed by atoms with E-state index in [4.69, 9.17) is 0 Å². The van der Waals surface area contributed by atoms with Crippen LogP contribution in [0.5, 0.6) is 0 Å². The normalized spacial score (nSPS) is 11.9. The molecule has 5 rings (SSSR count). The first-order valence-corrected chi connectivity index (χ1v) is 14.2. The first-order chi connectivity index (χ1) is 20.6. The summed E-state index contributed by atoms with van der Waals surface area (Å²) in [5.41, 5.74) is 4.21. The molecule has 1 N–H and O–H groups in total. The molecule has 220 valence electrons. The average Bonchev–Trinajstić information content (AvgIpc) is 3.33. The number of hydrogen-bond acceptors (Lipinski definition) is 4. The summed E-state index contributed by atoms with van der Waals surface area (Å²) in [5.74, 6) is -0.630. The van der Waals surface area contributed by atoms with Crippen LogP contribution in [0.3, 0.4) is 0 Å². The number of anilines is 1. The molecule has 0 aliphatic rings. The minimum atomic E-state index is -0.408. The summed E-state index contributed by atoms with van der Waals surface area (Å²) in [6, 6.07) is 19.4. The summed E-state index contributed by atoms with van der Waals surface area (Å²) in [7, 11) is 3.35. The summed E-state index contributed by atoms with van der Waals surface area (Å²) in [5, 5.41) is 3.57. The predicted octanol–water partition coefficient (Wildman–Crippen LogP) is 6.04. The molecule has 2 heterocycles. The Bertz CT molecular complexity index is 1910. The molecular weight excluding hydrogens is 545 g/mol. The number of halogens is 1. The number of amides is 2. The van der Waals surface area contributed by atoms with Gasteiger partial charge in [-0.15, -0.1) is 0 Å². The van der Waals surface area contributed by atoms with Crippen LogP contribution in [-0.4, -0.2) is 44.9 Å². The molecule has 0 spiro atoms. The van der Waals surface area contributed by atoms with E-state index < -0.39 is 5.56 Å². The van der Waals surface area contributed by atoms with Gasteiger partial charge in [-0.2, -0.15) is 0 Å². The Hall–Kier alpha value is -5.05. The Morgan fingerprint density at radius 3 is 2.56 bits per heavy atom. The summed E-state index contributed by atoms with van der Waals surface area (Å²) in [6.07, 6.45) is 3.96. The van der Waals surface area contributed by atoms with Crippen molar-refractivity contribution in [2.24, 2.45) is 5.92 Å². The number of aryl methyl sites for hydroxylation is 1. The number of benzene rings is 3. The van der Waals surface area contributed by atoms with E-state index >= 15 is 0 Å². The Morgan fingerprint density at radius 2 is 1.81 bits per heavy atom. The number of rotatable bonds is 8. The van der Waals surface area contributed by atoms with Gasteiger partial charge in [0.25, 0.3) is 11.5 Å². The van der Waals surface area contributed by atoms with Crippen molar-refractivity contribution in [3.05, 3.63) is 112 Å². The molecule has 0 fully saturated rings. The highest BCUT2D eigenvalue weighted by molar-refractivity contribution is 5.95. The van der Waals surface area contributed by atoms with Gasteiger partial charge in [0.15, 0.2) is 0 Å². The predicted molar refractivity (Wildman–Crippen MR) is 167 cm³/mol. The topological polar surface area (TPSA) is 89.2 Å². The lowest BCUT2D eigenvalue weighted by atomic mass is 10.1. The number of carbonyl (C=O) groups is 2. The van der Waals surface area contributed by atoms with E-state index in [1.807, 2.05) is 48.9 Å². The number of fused-ring (bicyclic) bond motifs is 1. The minimum absolute atomic E-state index is 0.0831. The van der Waals surface area contributed by atoms with Gasteiger partial charge in [0.1, 0.15) is 17.3 Å². The van der Waals surface area contributed by atoms with Crippen LogP contribution < -0.4 is 10.9 Å². The van der Waals surface area contributed by atoms with E-state index in [0.717, 1.165) is 27.7 Å². The first kappa shape index (κ1) is 29.4. The Balaban J connectivity index is 1.61. The van der Waals surface area contributed by atoms with Gasteiger partial charge in [-0.3, -0.25) is 19.0 Å². The van der Waals surface area contributed by atoms with Crippen molar-refractivity contribution in [3.63, 3.8) is 0 Å². The van der Waals surface area contributed by atoms with Crippen molar-refractivity contribution in [1.29, 1.82) is 0 Å². The molecule has 1 atom stereocenters. The van der Waals surface area contributed by atoms with E-state index in [2.05, 4.69) is 10.3 Å². The van der Waals surface area contributed by atoms with Crippen LogP contribution in [0.15, 0.2) is 83.9 Å². The van der Waals surface area contributed by atoms with Crippen LogP contribution in [-0.2, 0) is 11.3 Å². The third-order valence-corrected chi connectivity index (χ3v) is 7.63. The quantitative estimate of drug-likeness (QED) is 0.243. The second-order valence-corrected chi connectivity index (χ2v) is 11.0. The van der Waals surface area contributed by atoms with Crippen LogP contribution in [0.25, 0.3) is 28.0 Å². The number of carbonyl (C=O) groups excluding carboxylic acids is 2. The molecule has 2 aromatic heterocycles. The van der Waals surface area contributed by atoms with Crippen molar-refractivity contribution in [3.8, 4) is 17.1 Å². The lowest BCUT2D eigenvalue weighted by Crippen LogP contribution is -2.30. The number of aromatic nitrogens is 3. The number of nitrogens with zero attached hydrogens (tertiary/aromatic N) is 4. The van der Waals surface area contributed by atoms with E-state index in [9.17, 15) is 18.8 Å². The molecule has 0 saturated heterocycles. The van der Waals surface area contributed by atoms with Gasteiger partial charge >= 0.3 is 0 Å². The van der Waals surface area contributed by atoms with Crippen LogP contribution >= 0.6 is 0 Å². The number of hydrogen-bond donors (Lipinski definition) is 1. The summed E-state index contributed by atoms with van der Waals surface area (Å²) >= 11 is 0. The SMILES string of the molecule is CC[C@@H](C)C(=O)Nc1cnc(-c2cccc(C(=O)N(C)C)c2)n(Cc2cccc(-n3cc(C)c4cc(F)ccc43)c2)c1=O. The summed E-state index contributed by atoms with van der Waals surface area (Å²) in [6.45, 7) is 5.80. The van der Waals surface area contributed by atoms with Crippen LogP contribution in [0.4, 0.5) is 10.1 Å². The Morgan fingerprint density at radius 1 is 1.05 bits per heavy atom. The van der Waals surface area contributed by atoms with Gasteiger partial charge in [-0.25, -0.2) is 9.37 Å². The largest absolute Gasteiger partial charge is 0.345 e. The maximum Gasteiger partial charge on any atom is 0.277 e. The minimum Gasteiger partial charge on any atom is -0.345 e. The molecule has 0 unspecified atom stereocenters. The van der Waals surface area contributed by atoms with Crippen molar-refractivity contribution >= 4 is 28.4 Å². The van der Waals surface area contributed by atoms with E-state index in [0.29, 0.717) is 23.4 Å². The summed E-state index contributed by atoms with van der Waals surface area (Å²) < 4.78 is 17.4. The van der Waals surface area contributed by atoms with Crippen LogP contribution in [0.2, 0.25) is 0 Å². The third-order valence-electron chi connectivity index (χ3n) is 7.63. The third kappa shape index (κ3) is 5.97. The van der Waals surface area contributed by atoms with Gasteiger partial charge < -0.3 is 14.8 Å². The fourth-order valence-corrected chi connectivity index (χ4v) is 5.01. The zero-order chi connectivity index (χ0) is 30.8. The molecule has 2 amide bonds. The molecule has 0 saturated carbocycles. The lowest BCUT2D eigenvalue weighted by molar-refractivity contribution is -0.119. The smallest absolute Gasteiger partial charge is 0.277 e. The van der Waals surface area contributed by atoms with Gasteiger partial charge in [0.2, 0.25) is 5.91 Å². The molecular formula is C34H34FN5O3. The van der Waals surface area contributed by atoms with Crippen molar-refractivity contribution in [1.82, 2.24) is 19.0 Å². The molecule has 5 aromatic rings. The zero-order valence-electron chi connectivity index (χ0n) is 24.9. The van der Waals surface area contributed by atoms with Crippen LogP contribution in [0, 0.1) is 18.7 Å². The molecule has 3 aromatic carbocycles. The molecule has 43 heavy (non-hydrogen) atoms. The average molecular weight is 580 g/mol. The van der Waals surface area contributed by atoms with E-state index in [1.54, 1.807) is 51.4 Å². The Kier molecular flexibility index (Phi) is 8.25. The van der Waals surface area contributed by atoms with Gasteiger partial charge in [0.05, 0.1) is 18.3 Å². The molecule has 0 aliphatic heterocycles. The van der Waals surface area contributed by atoms with Gasteiger partial charge in [-0.1, -0.05) is 38.1 Å². The second-order valence-electron chi connectivity index (χ2n) is 11.0. The van der Waals surface area contributed by atoms with Gasteiger partial charge in [-0.05, 0) is 66.9 Å². The molecule has 8 nitrogen and oxygen atoms in total. The maximum atomic E-state index is 13.9. The maximum absolute atomic E-state index is 13.9. The molecule has 0 radical (unpaired) electrons. The Labute approximate surface area is 249 Å². The fraction of sp³-hybridized carbons (Fsp3) is 0.235. The zero-order valence-corrected chi connectivity index (χ0v) is 24.9. The lowest BCUT2D eigenvalue weighted by Gasteiger charge is -2.17. The van der Waals surface area contributed by atoms with Crippen molar-refractivity contribution < 1.29 is 14.0 Å². The highest BCUT2D eigenvalue weighted by atomic mass is 19.1. The number of nitrogens with one attached hydrogen (secondary N) is 1. The standard InChI is InChI=1S/C34H34FN5O3/c1-6-21(2)32(41)37-29-18-36-31(24-10-8-11-25(16-24)33(42)38(4)5)40(34(29)43)20-23-9-7-12-27(15-23)39-19-22(3)28-17-26(35)13-14-30(28)39/h7-19,21H,6,20H2,1-5H3,(H,37,41)/t21-/m1/s1. The highest BCUT2D eigenvalue weighted by Crippen LogP contribution is 2.26. The summed E-state index contributed by atoms with van der Waals surface area (Å²) in [4.78, 5) is 45.4. The monoisotopic (exact) mass is 579 g/mol. The van der Waals surface area contributed by atoms with E-state index in [1.165, 1.54) is 27.8 Å². The van der Waals surface area contributed by atoms with E-state index in [-0.39, 0.29) is 35.8 Å². The van der Waals surface area contributed by atoms with Crippen molar-refractivity contribution in [2.75, 3.05) is 19.4 Å². The molecule has 9 heteroatoms. The van der Waals surface area contributed by atoms with Crippen molar-refractivity contribution in [2.45, 2.75) is 33.7 Å². The first-order valence-electron chi connectivity index (χ1n) is 14.2. The van der Waals surface area contributed by atoms with Gasteiger partial charge in [0, 0.05) is 48.4 Å². The highest BCUT2D eigenvalue weighted by Gasteiger charge is 2.19. The fourth-order valence-electron chi connectivity index (χ4n) is 5.01. The molecule has 0 aliphatic carbocycles.